The van der Waals surface area contributed by atoms with Crippen LogP contribution >= 0.6 is 0 Å². The highest BCUT2D eigenvalue weighted by Crippen LogP contribution is 2.34. The zero-order valence-electron chi connectivity index (χ0n) is 24.4. The fraction of sp³-hybridized carbons (Fsp3) is 0.485. The number of amides is 3. The number of likely N-dealkylation sites (tertiary alicyclic amines) is 1. The molecular weight excluding hydrogens is 516 g/mol. The maximum Gasteiger partial charge on any atom is 0.249 e. The third kappa shape index (κ3) is 8.42. The van der Waals surface area contributed by atoms with E-state index in [-0.39, 0.29) is 30.2 Å². The van der Waals surface area contributed by atoms with Crippen LogP contribution in [0, 0.1) is 18.3 Å². The van der Waals surface area contributed by atoms with Gasteiger partial charge in [0.15, 0.2) is 0 Å². The number of aryl methyl sites for hydroxylation is 1. The molecule has 0 aromatic heterocycles. The summed E-state index contributed by atoms with van der Waals surface area (Å²) < 4.78 is 0. The number of terminal acetylenes is 1. The van der Waals surface area contributed by atoms with Crippen LogP contribution in [0.4, 0.5) is 0 Å². The van der Waals surface area contributed by atoms with Crippen molar-refractivity contribution in [1.82, 2.24) is 20.9 Å². The van der Waals surface area contributed by atoms with Crippen LogP contribution in [0.5, 0.6) is 0 Å². The van der Waals surface area contributed by atoms with Gasteiger partial charge < -0.3 is 26.0 Å². The summed E-state index contributed by atoms with van der Waals surface area (Å²) in [5, 5.41) is 20.1. The van der Waals surface area contributed by atoms with Crippen LogP contribution < -0.4 is 16.0 Å². The number of aliphatic hydroxyl groups excluding tert-OH is 1. The van der Waals surface area contributed by atoms with Crippen molar-refractivity contribution in [1.29, 1.82) is 0 Å². The van der Waals surface area contributed by atoms with Crippen molar-refractivity contribution in [3.63, 3.8) is 0 Å². The Balaban J connectivity index is 1.89. The molecule has 2 aromatic rings. The first-order chi connectivity index (χ1) is 19.7. The smallest absolute Gasteiger partial charge is 0.249 e. The van der Waals surface area contributed by atoms with E-state index in [0.717, 1.165) is 11.1 Å². The molecule has 1 heterocycles. The number of aliphatic hydroxyl groups is 1. The monoisotopic (exact) mass is 560 g/mol. The topological polar surface area (TPSA) is 111 Å². The van der Waals surface area contributed by atoms with E-state index in [1.807, 2.05) is 74.5 Å². The van der Waals surface area contributed by atoms with E-state index in [1.54, 1.807) is 4.90 Å². The Morgan fingerprint density at radius 3 is 2.32 bits per heavy atom. The lowest BCUT2D eigenvalue weighted by Gasteiger charge is -2.36. The van der Waals surface area contributed by atoms with Gasteiger partial charge in [-0.3, -0.25) is 14.4 Å². The standard InChI is InChI=1S/C33H44N4O4/c1-5-20-34-23-30(39)28(22-27-15-11-8-12-16-27)35-31(40)29(18-17-26-13-9-7-10-14-26)37-21-19-33(32(37)41,24(3)6-2)36-25(4)38/h1,7-16,24,28-30,34,39H,6,17-23H2,2-4H3,(H,35,40)(H,36,38)/t24-,28-,29-,30+,33?/m0/s1. The average Bonchev–Trinajstić information content (AvgIpc) is 3.29. The van der Waals surface area contributed by atoms with E-state index < -0.39 is 23.7 Å². The third-order valence-corrected chi connectivity index (χ3v) is 8.14. The van der Waals surface area contributed by atoms with Crippen molar-refractivity contribution >= 4 is 17.7 Å². The van der Waals surface area contributed by atoms with E-state index in [4.69, 9.17) is 6.42 Å². The molecular formula is C33H44N4O4. The van der Waals surface area contributed by atoms with Crippen LogP contribution in [-0.4, -0.2) is 71.1 Å². The summed E-state index contributed by atoms with van der Waals surface area (Å²) >= 11 is 0. The minimum atomic E-state index is -1.05. The number of benzene rings is 2. The van der Waals surface area contributed by atoms with E-state index in [2.05, 4.69) is 21.9 Å². The predicted molar refractivity (Wildman–Crippen MR) is 161 cm³/mol. The lowest BCUT2D eigenvalue weighted by molar-refractivity contribution is -0.144. The lowest BCUT2D eigenvalue weighted by atomic mass is 9.81. The molecule has 0 aliphatic carbocycles. The van der Waals surface area contributed by atoms with Crippen molar-refractivity contribution in [2.24, 2.45) is 5.92 Å². The van der Waals surface area contributed by atoms with Crippen LogP contribution in [0.2, 0.25) is 0 Å². The summed E-state index contributed by atoms with van der Waals surface area (Å²) in [6.45, 7) is 6.24. The minimum absolute atomic E-state index is 0.100. The molecule has 4 N–H and O–H groups in total. The van der Waals surface area contributed by atoms with Crippen LogP contribution in [0.25, 0.3) is 0 Å². The van der Waals surface area contributed by atoms with Crippen molar-refractivity contribution in [2.75, 3.05) is 19.6 Å². The van der Waals surface area contributed by atoms with Crippen LogP contribution in [0.3, 0.4) is 0 Å². The molecule has 1 saturated heterocycles. The zero-order chi connectivity index (χ0) is 29.8. The molecule has 3 amide bonds. The quantitative estimate of drug-likeness (QED) is 0.198. The molecule has 8 heteroatoms. The van der Waals surface area contributed by atoms with Gasteiger partial charge in [0.1, 0.15) is 11.6 Å². The van der Waals surface area contributed by atoms with Gasteiger partial charge in [0.25, 0.3) is 0 Å². The molecule has 1 aliphatic heterocycles. The molecule has 1 fully saturated rings. The van der Waals surface area contributed by atoms with Crippen LogP contribution in [0.15, 0.2) is 60.7 Å². The highest BCUT2D eigenvalue weighted by molar-refractivity contribution is 5.96. The maximum atomic E-state index is 14.1. The Morgan fingerprint density at radius 1 is 1.10 bits per heavy atom. The molecule has 1 aliphatic rings. The molecule has 2 aromatic carbocycles. The molecule has 8 nitrogen and oxygen atoms in total. The number of hydrogen-bond acceptors (Lipinski definition) is 5. The van der Waals surface area contributed by atoms with Crippen molar-refractivity contribution in [3.05, 3.63) is 71.8 Å². The largest absolute Gasteiger partial charge is 0.390 e. The van der Waals surface area contributed by atoms with Gasteiger partial charge in [-0.05, 0) is 42.7 Å². The van der Waals surface area contributed by atoms with Gasteiger partial charge in [-0.1, -0.05) is 86.9 Å². The van der Waals surface area contributed by atoms with Gasteiger partial charge in [0.05, 0.1) is 18.7 Å². The number of hydrogen-bond donors (Lipinski definition) is 4. The zero-order valence-corrected chi connectivity index (χ0v) is 24.4. The van der Waals surface area contributed by atoms with E-state index in [9.17, 15) is 19.5 Å². The molecule has 3 rings (SSSR count). The van der Waals surface area contributed by atoms with E-state index in [1.165, 1.54) is 6.92 Å². The van der Waals surface area contributed by atoms with Gasteiger partial charge in [0.2, 0.25) is 17.7 Å². The second kappa shape index (κ2) is 15.4. The number of nitrogens with zero attached hydrogens (tertiary/aromatic N) is 1. The Kier molecular flexibility index (Phi) is 11.9. The van der Waals surface area contributed by atoms with Crippen molar-refractivity contribution in [3.8, 4) is 12.3 Å². The Labute approximate surface area is 244 Å². The first-order valence-corrected chi connectivity index (χ1v) is 14.5. The number of carbonyl (C=O) groups excluding carboxylic acids is 3. The first-order valence-electron chi connectivity index (χ1n) is 14.5. The molecule has 1 unspecified atom stereocenters. The van der Waals surface area contributed by atoms with E-state index >= 15 is 0 Å². The molecule has 0 spiro atoms. The second-order valence-corrected chi connectivity index (χ2v) is 11.0. The third-order valence-electron chi connectivity index (χ3n) is 8.14. The summed E-state index contributed by atoms with van der Waals surface area (Å²) in [7, 11) is 0. The Hall–Kier alpha value is -3.67. The van der Waals surface area contributed by atoms with Gasteiger partial charge in [0, 0.05) is 20.0 Å². The van der Waals surface area contributed by atoms with Crippen molar-refractivity contribution in [2.45, 2.75) is 76.6 Å². The first kappa shape index (κ1) is 31.9. The van der Waals surface area contributed by atoms with Crippen LogP contribution in [-0.2, 0) is 27.2 Å². The minimum Gasteiger partial charge on any atom is -0.390 e. The maximum absolute atomic E-state index is 14.1. The summed E-state index contributed by atoms with van der Waals surface area (Å²) in [5.41, 5.74) is 0.980. The Bertz CT molecular complexity index is 1180. The average molecular weight is 561 g/mol. The highest BCUT2D eigenvalue weighted by Gasteiger charge is 2.53. The summed E-state index contributed by atoms with van der Waals surface area (Å²) in [6.07, 6.45) is 6.99. The number of nitrogens with one attached hydrogen (secondary N) is 3. The molecule has 0 radical (unpaired) electrons. The molecule has 0 bridgehead atoms. The van der Waals surface area contributed by atoms with Gasteiger partial charge in [-0.2, -0.15) is 0 Å². The summed E-state index contributed by atoms with van der Waals surface area (Å²) in [5.74, 6) is 1.57. The van der Waals surface area contributed by atoms with Gasteiger partial charge in [-0.15, -0.1) is 6.42 Å². The van der Waals surface area contributed by atoms with Crippen LogP contribution in [0.1, 0.15) is 51.2 Å². The normalized spacial score (nSPS) is 19.6. The number of rotatable bonds is 15. The molecule has 41 heavy (non-hydrogen) atoms. The summed E-state index contributed by atoms with van der Waals surface area (Å²) in [4.78, 5) is 41.9. The molecule has 220 valence electrons. The predicted octanol–water partition coefficient (Wildman–Crippen LogP) is 2.45. The van der Waals surface area contributed by atoms with E-state index in [0.29, 0.717) is 45.2 Å². The van der Waals surface area contributed by atoms with Gasteiger partial charge in [-0.25, -0.2) is 0 Å². The lowest BCUT2D eigenvalue weighted by Crippen LogP contribution is -2.60. The fourth-order valence-electron chi connectivity index (χ4n) is 5.66. The SMILES string of the molecule is C#CCNC[C@@H](O)[C@H](Cc1ccccc1)NC(=O)[C@H](CCc1ccccc1)N1CCC(NC(C)=O)([C@@H](C)CC)C1=O. The van der Waals surface area contributed by atoms with Crippen molar-refractivity contribution < 1.29 is 19.5 Å². The molecule has 0 saturated carbocycles. The fourth-order valence-corrected chi connectivity index (χ4v) is 5.66. The molecule has 5 atom stereocenters. The highest BCUT2D eigenvalue weighted by atomic mass is 16.3. The number of carbonyl (C=O) groups is 3. The summed E-state index contributed by atoms with van der Waals surface area (Å²) in [6, 6.07) is 18.1. The Morgan fingerprint density at radius 2 is 1.73 bits per heavy atom. The second-order valence-electron chi connectivity index (χ2n) is 11.0. The van der Waals surface area contributed by atoms with Gasteiger partial charge >= 0.3 is 0 Å².